The first-order valence-corrected chi connectivity index (χ1v) is 3.66. The molecule has 1 aliphatic rings. The molecule has 2 unspecified atom stereocenters. The molecule has 1 heterocycles. The summed E-state index contributed by atoms with van der Waals surface area (Å²) in [5, 5.41) is 2.89. The second kappa shape index (κ2) is 2.86. The van der Waals surface area contributed by atoms with Crippen molar-refractivity contribution in [3.63, 3.8) is 0 Å². The molecular weight excluding hydrogens is 126 g/mol. The van der Waals surface area contributed by atoms with Gasteiger partial charge in [-0.2, -0.15) is 0 Å². The maximum absolute atomic E-state index is 10.9. The molecular formula is C8H13NO. The minimum Gasteiger partial charge on any atom is -0.353 e. The minimum absolute atomic E-state index is 0.133. The highest BCUT2D eigenvalue weighted by atomic mass is 16.1. The van der Waals surface area contributed by atoms with Gasteiger partial charge in [0, 0.05) is 12.5 Å². The SMILES string of the molecule is CC1C=CCC(=O)NC1C. The van der Waals surface area contributed by atoms with E-state index in [0.717, 1.165) is 0 Å². The van der Waals surface area contributed by atoms with Crippen LogP contribution in [0, 0.1) is 5.92 Å². The zero-order valence-corrected chi connectivity index (χ0v) is 6.42. The maximum Gasteiger partial charge on any atom is 0.224 e. The second-order valence-corrected chi connectivity index (χ2v) is 2.85. The number of carbonyl (C=O) groups excluding carboxylic acids is 1. The molecule has 0 saturated heterocycles. The van der Waals surface area contributed by atoms with Crippen LogP contribution in [0.5, 0.6) is 0 Å². The lowest BCUT2D eigenvalue weighted by Gasteiger charge is -2.14. The summed E-state index contributed by atoms with van der Waals surface area (Å²) in [6.45, 7) is 4.13. The molecule has 0 radical (unpaired) electrons. The van der Waals surface area contributed by atoms with Crippen LogP contribution in [-0.4, -0.2) is 11.9 Å². The molecule has 2 nitrogen and oxygen atoms in total. The molecule has 10 heavy (non-hydrogen) atoms. The second-order valence-electron chi connectivity index (χ2n) is 2.85. The summed E-state index contributed by atoms with van der Waals surface area (Å²) >= 11 is 0. The normalized spacial score (nSPS) is 33.2. The topological polar surface area (TPSA) is 29.1 Å². The predicted octanol–water partition coefficient (Wildman–Crippen LogP) is 1.09. The smallest absolute Gasteiger partial charge is 0.224 e. The van der Waals surface area contributed by atoms with Gasteiger partial charge in [0.25, 0.3) is 0 Å². The molecule has 2 atom stereocenters. The van der Waals surface area contributed by atoms with Crippen LogP contribution in [0.15, 0.2) is 12.2 Å². The number of rotatable bonds is 0. The van der Waals surface area contributed by atoms with Crippen LogP contribution in [0.4, 0.5) is 0 Å². The van der Waals surface area contributed by atoms with Crippen molar-refractivity contribution in [3.8, 4) is 0 Å². The average molecular weight is 139 g/mol. The molecule has 0 bridgehead atoms. The molecule has 0 fully saturated rings. The maximum atomic E-state index is 10.9. The fraction of sp³-hybridized carbons (Fsp3) is 0.625. The van der Waals surface area contributed by atoms with Crippen LogP contribution >= 0.6 is 0 Å². The van der Waals surface area contributed by atoms with Crippen molar-refractivity contribution in [1.82, 2.24) is 5.32 Å². The van der Waals surface area contributed by atoms with E-state index in [1.165, 1.54) is 0 Å². The van der Waals surface area contributed by atoms with E-state index >= 15 is 0 Å². The molecule has 1 aliphatic heterocycles. The van der Waals surface area contributed by atoms with Crippen LogP contribution in [-0.2, 0) is 4.79 Å². The number of hydrogen-bond acceptors (Lipinski definition) is 1. The van der Waals surface area contributed by atoms with Crippen molar-refractivity contribution in [2.45, 2.75) is 26.3 Å². The fourth-order valence-corrected chi connectivity index (χ4v) is 1.00. The van der Waals surface area contributed by atoms with E-state index in [-0.39, 0.29) is 11.9 Å². The van der Waals surface area contributed by atoms with Crippen molar-refractivity contribution in [3.05, 3.63) is 12.2 Å². The van der Waals surface area contributed by atoms with E-state index in [2.05, 4.69) is 18.3 Å². The molecule has 0 aromatic rings. The third kappa shape index (κ3) is 1.59. The standard InChI is InChI=1S/C8H13NO/c1-6-4-3-5-8(10)9-7(6)2/h3-4,6-7H,5H2,1-2H3,(H,9,10). The first-order chi connectivity index (χ1) is 4.70. The minimum atomic E-state index is 0.133. The molecule has 0 spiro atoms. The summed E-state index contributed by atoms with van der Waals surface area (Å²) in [4.78, 5) is 10.9. The van der Waals surface area contributed by atoms with E-state index in [9.17, 15) is 4.79 Å². The van der Waals surface area contributed by atoms with E-state index < -0.39 is 0 Å². The summed E-state index contributed by atoms with van der Waals surface area (Å²) in [5.41, 5.74) is 0. The van der Waals surface area contributed by atoms with Crippen molar-refractivity contribution in [1.29, 1.82) is 0 Å². The first-order valence-electron chi connectivity index (χ1n) is 3.66. The van der Waals surface area contributed by atoms with Gasteiger partial charge in [0.2, 0.25) is 5.91 Å². The quantitative estimate of drug-likeness (QED) is 0.500. The summed E-state index contributed by atoms with van der Waals surface area (Å²) < 4.78 is 0. The number of carbonyl (C=O) groups is 1. The molecule has 2 heteroatoms. The van der Waals surface area contributed by atoms with E-state index in [1.807, 2.05) is 13.0 Å². The Morgan fingerprint density at radius 2 is 2.30 bits per heavy atom. The lowest BCUT2D eigenvalue weighted by Crippen LogP contribution is -2.34. The van der Waals surface area contributed by atoms with Gasteiger partial charge in [-0.3, -0.25) is 4.79 Å². The van der Waals surface area contributed by atoms with Gasteiger partial charge < -0.3 is 5.32 Å². The van der Waals surface area contributed by atoms with Gasteiger partial charge in [0.1, 0.15) is 0 Å². The van der Waals surface area contributed by atoms with Gasteiger partial charge in [-0.25, -0.2) is 0 Å². The third-order valence-electron chi connectivity index (χ3n) is 1.92. The Morgan fingerprint density at radius 1 is 1.60 bits per heavy atom. The van der Waals surface area contributed by atoms with Crippen LogP contribution in [0.3, 0.4) is 0 Å². The van der Waals surface area contributed by atoms with E-state index in [1.54, 1.807) is 0 Å². The van der Waals surface area contributed by atoms with Crippen LogP contribution in [0.2, 0.25) is 0 Å². The zero-order chi connectivity index (χ0) is 7.56. The Morgan fingerprint density at radius 3 is 3.00 bits per heavy atom. The largest absolute Gasteiger partial charge is 0.353 e. The number of amides is 1. The molecule has 1 N–H and O–H groups in total. The number of nitrogens with one attached hydrogen (secondary N) is 1. The van der Waals surface area contributed by atoms with Crippen molar-refractivity contribution in [2.24, 2.45) is 5.92 Å². The van der Waals surface area contributed by atoms with E-state index in [4.69, 9.17) is 0 Å². The van der Waals surface area contributed by atoms with Gasteiger partial charge >= 0.3 is 0 Å². The van der Waals surface area contributed by atoms with Crippen molar-refractivity contribution >= 4 is 5.91 Å². The Kier molecular flexibility index (Phi) is 2.10. The van der Waals surface area contributed by atoms with Crippen LogP contribution in [0.1, 0.15) is 20.3 Å². The predicted molar refractivity (Wildman–Crippen MR) is 40.5 cm³/mol. The monoisotopic (exact) mass is 139 g/mol. The molecule has 0 saturated carbocycles. The van der Waals surface area contributed by atoms with Gasteiger partial charge in [0.15, 0.2) is 0 Å². The highest BCUT2D eigenvalue weighted by molar-refractivity contribution is 5.78. The zero-order valence-electron chi connectivity index (χ0n) is 6.42. The molecule has 0 aromatic heterocycles. The highest BCUT2D eigenvalue weighted by Gasteiger charge is 2.13. The first kappa shape index (κ1) is 7.32. The van der Waals surface area contributed by atoms with E-state index in [0.29, 0.717) is 12.3 Å². The molecule has 0 aromatic carbocycles. The molecule has 56 valence electrons. The van der Waals surface area contributed by atoms with Crippen LogP contribution in [0.25, 0.3) is 0 Å². The molecule has 1 rings (SSSR count). The van der Waals surface area contributed by atoms with Crippen LogP contribution < -0.4 is 5.32 Å². The summed E-state index contributed by atoms with van der Waals surface area (Å²) in [7, 11) is 0. The summed E-state index contributed by atoms with van der Waals surface area (Å²) in [5.74, 6) is 0.597. The number of hydrogen-bond donors (Lipinski definition) is 1. The van der Waals surface area contributed by atoms with Crippen molar-refractivity contribution < 1.29 is 4.79 Å². The van der Waals surface area contributed by atoms with Gasteiger partial charge in [-0.15, -0.1) is 0 Å². The Bertz CT molecular complexity index is 163. The highest BCUT2D eigenvalue weighted by Crippen LogP contribution is 2.08. The lowest BCUT2D eigenvalue weighted by atomic mass is 10.0. The lowest BCUT2D eigenvalue weighted by molar-refractivity contribution is -0.120. The molecule has 1 amide bonds. The van der Waals surface area contributed by atoms with Gasteiger partial charge in [-0.05, 0) is 12.8 Å². The summed E-state index contributed by atoms with van der Waals surface area (Å²) in [6, 6.07) is 0.284. The van der Waals surface area contributed by atoms with Crippen molar-refractivity contribution in [2.75, 3.05) is 0 Å². The van der Waals surface area contributed by atoms with Gasteiger partial charge in [0.05, 0.1) is 0 Å². The third-order valence-corrected chi connectivity index (χ3v) is 1.92. The Balaban J connectivity index is 2.61. The average Bonchev–Trinajstić information content (AvgIpc) is 1.96. The Labute approximate surface area is 61.3 Å². The fourth-order valence-electron chi connectivity index (χ4n) is 1.00. The molecule has 0 aliphatic carbocycles. The van der Waals surface area contributed by atoms with Gasteiger partial charge in [-0.1, -0.05) is 19.1 Å². The Hall–Kier alpha value is -0.790. The summed E-state index contributed by atoms with van der Waals surface area (Å²) in [6.07, 6.45) is 4.56.